The Morgan fingerprint density at radius 1 is 1.21 bits per heavy atom. The Hall–Kier alpha value is -2.37. The number of aromatic nitrogens is 2. The number of hydrogen-bond acceptors (Lipinski definition) is 3. The predicted molar refractivity (Wildman–Crippen MR) is 88.4 cm³/mol. The van der Waals surface area contributed by atoms with Gasteiger partial charge >= 0.3 is 5.97 Å². The van der Waals surface area contributed by atoms with Gasteiger partial charge in [-0.25, -0.2) is 4.79 Å². The normalized spacial score (nSPS) is 26.5. The summed E-state index contributed by atoms with van der Waals surface area (Å²) in [5.41, 5.74) is 0.844. The maximum absolute atomic E-state index is 12.9. The zero-order chi connectivity index (χ0) is 16.7. The Balaban J connectivity index is 1.58. The molecule has 1 aromatic heterocycles. The van der Waals surface area contributed by atoms with Crippen molar-refractivity contribution in [2.24, 2.45) is 5.92 Å². The topological polar surface area (TPSA) is 75.4 Å². The number of aliphatic carboxylic acids is 1. The van der Waals surface area contributed by atoms with E-state index in [0.29, 0.717) is 12.3 Å². The summed E-state index contributed by atoms with van der Waals surface area (Å²) in [6.07, 6.45) is 6.60. The van der Waals surface area contributed by atoms with Crippen LogP contribution in [0, 0.1) is 5.92 Å². The fourth-order valence-electron chi connectivity index (χ4n) is 4.36. The SMILES string of the molecule is O=C(O)C1CC2CCCCC2N1C(=O)Cn1cc2ccccc2n1. The Morgan fingerprint density at radius 2 is 2.00 bits per heavy atom. The van der Waals surface area contributed by atoms with Gasteiger partial charge in [0.05, 0.1) is 5.52 Å². The van der Waals surface area contributed by atoms with Gasteiger partial charge in [-0.15, -0.1) is 0 Å². The second-order valence-corrected chi connectivity index (χ2v) is 6.89. The van der Waals surface area contributed by atoms with Crippen molar-refractivity contribution in [1.82, 2.24) is 14.7 Å². The highest BCUT2D eigenvalue weighted by molar-refractivity contribution is 5.85. The van der Waals surface area contributed by atoms with Gasteiger partial charge in [-0.05, 0) is 31.2 Å². The van der Waals surface area contributed by atoms with Gasteiger partial charge in [0.2, 0.25) is 5.91 Å². The van der Waals surface area contributed by atoms with Crippen molar-refractivity contribution in [3.05, 3.63) is 30.5 Å². The second kappa shape index (κ2) is 5.92. The molecule has 1 aliphatic carbocycles. The lowest BCUT2D eigenvalue weighted by Gasteiger charge is -2.33. The number of fused-ring (bicyclic) bond motifs is 2. The summed E-state index contributed by atoms with van der Waals surface area (Å²) < 4.78 is 1.63. The molecule has 2 fully saturated rings. The van der Waals surface area contributed by atoms with Gasteiger partial charge in [-0.1, -0.05) is 31.0 Å². The third kappa shape index (κ3) is 2.56. The van der Waals surface area contributed by atoms with Crippen LogP contribution in [0.2, 0.25) is 0 Å². The number of benzene rings is 1. The number of hydrogen-bond donors (Lipinski definition) is 1. The Morgan fingerprint density at radius 3 is 2.79 bits per heavy atom. The molecule has 1 aliphatic heterocycles. The van der Waals surface area contributed by atoms with Crippen LogP contribution in [0.4, 0.5) is 0 Å². The molecule has 6 heteroatoms. The Kier molecular flexibility index (Phi) is 3.75. The molecular weight excluding hydrogens is 306 g/mol. The number of carboxylic acids is 1. The maximum Gasteiger partial charge on any atom is 0.326 e. The van der Waals surface area contributed by atoms with E-state index >= 15 is 0 Å². The summed E-state index contributed by atoms with van der Waals surface area (Å²) in [7, 11) is 0. The van der Waals surface area contributed by atoms with Crippen molar-refractivity contribution in [1.29, 1.82) is 0 Å². The van der Waals surface area contributed by atoms with Crippen molar-refractivity contribution in [3.63, 3.8) is 0 Å². The summed E-state index contributed by atoms with van der Waals surface area (Å²) in [5.74, 6) is -0.687. The standard InChI is InChI=1S/C18H21N3O3/c22-17(11-20-10-13-6-1-3-7-14(13)19-20)21-15-8-4-2-5-12(15)9-16(21)18(23)24/h1,3,6-7,10,12,15-16H,2,4-5,8-9,11H2,(H,23,24). The van der Waals surface area contributed by atoms with Crippen molar-refractivity contribution in [2.75, 3.05) is 0 Å². The molecule has 126 valence electrons. The number of carbonyl (C=O) groups excluding carboxylic acids is 1. The Bertz CT molecular complexity index is 752. The molecule has 4 rings (SSSR count). The molecule has 3 unspecified atom stereocenters. The first kappa shape index (κ1) is 15.2. The van der Waals surface area contributed by atoms with Crippen molar-refractivity contribution in [3.8, 4) is 0 Å². The third-order valence-electron chi connectivity index (χ3n) is 5.42. The Labute approximate surface area is 140 Å². The number of amides is 1. The molecule has 3 atom stereocenters. The fourth-order valence-corrected chi connectivity index (χ4v) is 4.36. The summed E-state index contributed by atoms with van der Waals surface area (Å²) in [6.45, 7) is 0.0989. The maximum atomic E-state index is 12.9. The first-order valence-corrected chi connectivity index (χ1v) is 8.59. The van der Waals surface area contributed by atoms with E-state index in [9.17, 15) is 14.7 Å². The van der Waals surface area contributed by atoms with Gasteiger partial charge in [-0.2, -0.15) is 5.10 Å². The second-order valence-electron chi connectivity index (χ2n) is 6.89. The molecule has 24 heavy (non-hydrogen) atoms. The number of likely N-dealkylation sites (tertiary alicyclic amines) is 1. The van der Waals surface area contributed by atoms with Gasteiger partial charge in [0.25, 0.3) is 0 Å². The molecular formula is C18H21N3O3. The minimum Gasteiger partial charge on any atom is -0.480 e. The minimum absolute atomic E-state index is 0.0809. The zero-order valence-electron chi connectivity index (χ0n) is 13.5. The average Bonchev–Trinajstić information content (AvgIpc) is 3.15. The fraction of sp³-hybridized carbons (Fsp3) is 0.500. The largest absolute Gasteiger partial charge is 0.480 e. The van der Waals surface area contributed by atoms with E-state index in [1.807, 2.05) is 30.5 Å². The molecule has 1 saturated carbocycles. The van der Waals surface area contributed by atoms with Crippen LogP contribution in [0.15, 0.2) is 30.5 Å². The van der Waals surface area contributed by atoms with Crippen LogP contribution >= 0.6 is 0 Å². The molecule has 1 saturated heterocycles. The van der Waals surface area contributed by atoms with Gasteiger partial charge in [-0.3, -0.25) is 9.48 Å². The molecule has 0 bridgehead atoms. The van der Waals surface area contributed by atoms with Gasteiger partial charge in [0.1, 0.15) is 12.6 Å². The molecule has 2 aliphatic rings. The van der Waals surface area contributed by atoms with Crippen LogP contribution < -0.4 is 0 Å². The molecule has 0 radical (unpaired) electrons. The quantitative estimate of drug-likeness (QED) is 0.938. The first-order valence-electron chi connectivity index (χ1n) is 8.59. The molecule has 0 spiro atoms. The van der Waals surface area contributed by atoms with E-state index in [2.05, 4.69) is 5.10 Å². The van der Waals surface area contributed by atoms with E-state index in [4.69, 9.17) is 0 Å². The van der Waals surface area contributed by atoms with Crippen LogP contribution in [-0.2, 0) is 16.1 Å². The van der Waals surface area contributed by atoms with Crippen molar-refractivity contribution in [2.45, 2.75) is 50.7 Å². The monoisotopic (exact) mass is 327 g/mol. The summed E-state index contributed by atoms with van der Waals surface area (Å²) in [4.78, 5) is 26.1. The molecule has 1 aromatic carbocycles. The number of rotatable bonds is 3. The lowest BCUT2D eigenvalue weighted by molar-refractivity contribution is -0.150. The molecule has 6 nitrogen and oxygen atoms in total. The van der Waals surface area contributed by atoms with Crippen molar-refractivity contribution < 1.29 is 14.7 Å². The van der Waals surface area contributed by atoms with Crippen LogP contribution in [0.3, 0.4) is 0 Å². The van der Waals surface area contributed by atoms with E-state index in [0.717, 1.165) is 36.6 Å². The van der Waals surface area contributed by atoms with Crippen LogP contribution in [0.5, 0.6) is 0 Å². The average molecular weight is 327 g/mol. The van der Waals surface area contributed by atoms with E-state index in [-0.39, 0.29) is 18.5 Å². The highest BCUT2D eigenvalue weighted by atomic mass is 16.4. The summed E-state index contributed by atoms with van der Waals surface area (Å²) in [6, 6.07) is 7.10. The zero-order valence-corrected chi connectivity index (χ0v) is 13.5. The smallest absolute Gasteiger partial charge is 0.326 e. The first-order chi connectivity index (χ1) is 11.6. The van der Waals surface area contributed by atoms with E-state index in [1.54, 1.807) is 9.58 Å². The van der Waals surface area contributed by atoms with Gasteiger partial charge in [0.15, 0.2) is 0 Å². The lowest BCUT2D eigenvalue weighted by Crippen LogP contribution is -2.47. The number of nitrogens with zero attached hydrogens (tertiary/aromatic N) is 3. The van der Waals surface area contributed by atoms with E-state index < -0.39 is 12.0 Å². The van der Waals surface area contributed by atoms with Gasteiger partial charge in [0, 0.05) is 17.6 Å². The van der Waals surface area contributed by atoms with E-state index in [1.165, 1.54) is 0 Å². The van der Waals surface area contributed by atoms with Crippen molar-refractivity contribution >= 4 is 22.8 Å². The summed E-state index contributed by atoms with van der Waals surface area (Å²) in [5, 5.41) is 14.9. The molecule has 2 heterocycles. The molecule has 1 amide bonds. The number of carboxylic acid groups (broad SMARTS) is 1. The minimum atomic E-state index is -0.886. The molecule has 2 aromatic rings. The predicted octanol–water partition coefficient (Wildman–Crippen LogP) is 2.28. The highest BCUT2D eigenvalue weighted by Gasteiger charge is 2.47. The van der Waals surface area contributed by atoms with Gasteiger partial charge < -0.3 is 10.0 Å². The number of carbonyl (C=O) groups is 2. The van der Waals surface area contributed by atoms with Crippen LogP contribution in [-0.4, -0.2) is 43.7 Å². The highest BCUT2D eigenvalue weighted by Crippen LogP contribution is 2.39. The molecule has 1 N–H and O–H groups in total. The summed E-state index contributed by atoms with van der Waals surface area (Å²) >= 11 is 0. The lowest BCUT2D eigenvalue weighted by atomic mass is 9.85. The van der Waals surface area contributed by atoms with Crippen LogP contribution in [0.25, 0.3) is 10.9 Å². The van der Waals surface area contributed by atoms with Crippen LogP contribution in [0.1, 0.15) is 32.1 Å². The third-order valence-corrected chi connectivity index (χ3v) is 5.42.